The molecule has 0 saturated heterocycles. The first-order valence-corrected chi connectivity index (χ1v) is 9.31. The van der Waals surface area contributed by atoms with Gasteiger partial charge in [0.15, 0.2) is 0 Å². The number of H-pyrrole nitrogens is 1. The highest BCUT2D eigenvalue weighted by atomic mass is 15.2. The third-order valence-corrected chi connectivity index (χ3v) is 5.33. The van der Waals surface area contributed by atoms with Gasteiger partial charge in [-0.25, -0.2) is 9.97 Å². The summed E-state index contributed by atoms with van der Waals surface area (Å²) in [7, 11) is 2.11. The van der Waals surface area contributed by atoms with Crippen molar-refractivity contribution in [3.8, 4) is 0 Å². The van der Waals surface area contributed by atoms with Crippen LogP contribution < -0.4 is 4.90 Å². The number of hydrogen-bond donors (Lipinski definition) is 1. The Bertz CT molecular complexity index is 861. The molecule has 2 heterocycles. The van der Waals surface area contributed by atoms with Crippen LogP contribution in [0.15, 0.2) is 36.7 Å². The second-order valence-electron chi connectivity index (χ2n) is 7.36. The van der Waals surface area contributed by atoms with E-state index in [1.807, 2.05) is 0 Å². The fourth-order valence-corrected chi connectivity index (χ4v) is 4.04. The van der Waals surface area contributed by atoms with Crippen molar-refractivity contribution < 1.29 is 0 Å². The van der Waals surface area contributed by atoms with Gasteiger partial charge >= 0.3 is 0 Å². The monoisotopic (exact) mass is 334 g/mol. The number of aromatic amines is 1. The second-order valence-corrected chi connectivity index (χ2v) is 7.36. The average Bonchev–Trinajstić information content (AvgIpc) is 3.06. The zero-order chi connectivity index (χ0) is 17.2. The molecule has 2 aromatic heterocycles. The van der Waals surface area contributed by atoms with E-state index in [1.165, 1.54) is 48.9 Å². The van der Waals surface area contributed by atoms with Gasteiger partial charge in [0.05, 0.1) is 5.39 Å². The summed E-state index contributed by atoms with van der Waals surface area (Å²) in [6.45, 7) is 2.98. The van der Waals surface area contributed by atoms with Crippen molar-refractivity contribution >= 4 is 16.9 Å². The van der Waals surface area contributed by atoms with Gasteiger partial charge < -0.3 is 9.88 Å². The molecule has 1 saturated carbocycles. The van der Waals surface area contributed by atoms with E-state index in [0.29, 0.717) is 5.92 Å². The standard InChI is InChI=1S/C21H26N4/c1-15-7-6-8-16(11-15)13-25(2)21-18-12-19(17-9-4-3-5-10-17)24-20(18)22-14-23-21/h6-8,11-12,14,17H,3-5,9-10,13H2,1-2H3,(H,22,23,24). The van der Waals surface area contributed by atoms with Gasteiger partial charge in [0.1, 0.15) is 17.8 Å². The lowest BCUT2D eigenvalue weighted by Gasteiger charge is -2.20. The number of nitrogens with zero attached hydrogens (tertiary/aromatic N) is 3. The largest absolute Gasteiger partial charge is 0.355 e. The molecule has 0 spiro atoms. The minimum absolute atomic E-state index is 0.651. The van der Waals surface area contributed by atoms with Gasteiger partial charge in [0, 0.05) is 19.3 Å². The van der Waals surface area contributed by atoms with E-state index in [2.05, 4.69) is 64.2 Å². The van der Waals surface area contributed by atoms with Crippen LogP contribution in [0.5, 0.6) is 0 Å². The first-order chi connectivity index (χ1) is 12.2. The summed E-state index contributed by atoms with van der Waals surface area (Å²) in [4.78, 5) is 14.8. The number of aromatic nitrogens is 3. The van der Waals surface area contributed by atoms with E-state index >= 15 is 0 Å². The molecule has 1 N–H and O–H groups in total. The highest BCUT2D eigenvalue weighted by Gasteiger charge is 2.19. The molecule has 0 radical (unpaired) electrons. The van der Waals surface area contributed by atoms with E-state index in [0.717, 1.165) is 23.4 Å². The molecular weight excluding hydrogens is 308 g/mol. The Morgan fingerprint density at radius 3 is 2.76 bits per heavy atom. The molecule has 0 amide bonds. The van der Waals surface area contributed by atoms with Crippen LogP contribution in [0.3, 0.4) is 0 Å². The van der Waals surface area contributed by atoms with E-state index in [9.17, 15) is 0 Å². The normalized spacial score (nSPS) is 15.6. The molecule has 3 aromatic rings. The minimum Gasteiger partial charge on any atom is -0.355 e. The summed E-state index contributed by atoms with van der Waals surface area (Å²) in [5.74, 6) is 1.66. The van der Waals surface area contributed by atoms with Crippen LogP contribution in [-0.2, 0) is 6.54 Å². The first kappa shape index (κ1) is 16.1. The van der Waals surface area contributed by atoms with Crippen LogP contribution in [0.25, 0.3) is 11.0 Å². The van der Waals surface area contributed by atoms with E-state index in [1.54, 1.807) is 6.33 Å². The van der Waals surface area contributed by atoms with Crippen molar-refractivity contribution in [3.05, 3.63) is 53.5 Å². The molecule has 1 aliphatic carbocycles. The molecule has 0 atom stereocenters. The number of nitrogens with one attached hydrogen (secondary N) is 1. The Balaban J connectivity index is 1.63. The van der Waals surface area contributed by atoms with Crippen LogP contribution in [0.2, 0.25) is 0 Å². The maximum Gasteiger partial charge on any atom is 0.143 e. The van der Waals surface area contributed by atoms with E-state index in [4.69, 9.17) is 0 Å². The molecule has 130 valence electrons. The number of rotatable bonds is 4. The van der Waals surface area contributed by atoms with Crippen molar-refractivity contribution in [2.24, 2.45) is 0 Å². The molecule has 1 aromatic carbocycles. The van der Waals surface area contributed by atoms with Crippen LogP contribution in [0, 0.1) is 6.92 Å². The van der Waals surface area contributed by atoms with Crippen LogP contribution in [0.4, 0.5) is 5.82 Å². The maximum absolute atomic E-state index is 4.58. The number of aryl methyl sites for hydroxylation is 1. The lowest BCUT2D eigenvalue weighted by molar-refractivity contribution is 0.438. The zero-order valence-corrected chi connectivity index (χ0v) is 15.1. The predicted molar refractivity (Wildman–Crippen MR) is 103 cm³/mol. The Morgan fingerprint density at radius 1 is 1.12 bits per heavy atom. The fourth-order valence-electron chi connectivity index (χ4n) is 4.04. The molecule has 0 aliphatic heterocycles. The summed E-state index contributed by atoms with van der Waals surface area (Å²) in [6.07, 6.45) is 8.30. The predicted octanol–water partition coefficient (Wildman–Crippen LogP) is 4.95. The Kier molecular flexibility index (Phi) is 4.43. The van der Waals surface area contributed by atoms with Crippen LogP contribution in [0.1, 0.15) is 54.8 Å². The average molecular weight is 334 g/mol. The molecule has 1 aliphatic rings. The third-order valence-electron chi connectivity index (χ3n) is 5.33. The van der Waals surface area contributed by atoms with Gasteiger partial charge in [0.2, 0.25) is 0 Å². The van der Waals surface area contributed by atoms with Crippen molar-refractivity contribution in [1.82, 2.24) is 15.0 Å². The van der Waals surface area contributed by atoms with Crippen molar-refractivity contribution in [1.29, 1.82) is 0 Å². The summed E-state index contributed by atoms with van der Waals surface area (Å²) in [6, 6.07) is 10.9. The molecule has 1 fully saturated rings. The number of benzene rings is 1. The second kappa shape index (κ2) is 6.87. The molecule has 4 rings (SSSR count). The molecular formula is C21H26N4. The summed E-state index contributed by atoms with van der Waals surface area (Å²) >= 11 is 0. The Hall–Kier alpha value is -2.36. The highest BCUT2D eigenvalue weighted by Crippen LogP contribution is 2.35. The number of anilines is 1. The van der Waals surface area contributed by atoms with Crippen LogP contribution >= 0.6 is 0 Å². The van der Waals surface area contributed by atoms with E-state index < -0.39 is 0 Å². The Labute approximate surface area is 149 Å². The molecule has 4 heteroatoms. The van der Waals surface area contributed by atoms with Gasteiger partial charge in [-0.3, -0.25) is 0 Å². The number of fused-ring (bicyclic) bond motifs is 1. The quantitative estimate of drug-likeness (QED) is 0.734. The number of hydrogen-bond acceptors (Lipinski definition) is 3. The minimum atomic E-state index is 0.651. The van der Waals surface area contributed by atoms with Gasteiger partial charge in [-0.15, -0.1) is 0 Å². The Morgan fingerprint density at radius 2 is 1.96 bits per heavy atom. The summed E-state index contributed by atoms with van der Waals surface area (Å²) < 4.78 is 0. The lowest BCUT2D eigenvalue weighted by atomic mass is 9.87. The molecule has 0 unspecified atom stereocenters. The van der Waals surface area contributed by atoms with Gasteiger partial charge in [-0.1, -0.05) is 49.1 Å². The molecule has 0 bridgehead atoms. The molecule has 4 nitrogen and oxygen atoms in total. The van der Waals surface area contributed by atoms with Crippen LogP contribution in [-0.4, -0.2) is 22.0 Å². The smallest absolute Gasteiger partial charge is 0.143 e. The van der Waals surface area contributed by atoms with Gasteiger partial charge in [-0.05, 0) is 37.3 Å². The molecule has 25 heavy (non-hydrogen) atoms. The SMILES string of the molecule is Cc1cccc(CN(C)c2ncnc3[nH]c(C4CCCCC4)cc23)c1. The van der Waals surface area contributed by atoms with Crippen molar-refractivity contribution in [2.45, 2.75) is 51.5 Å². The lowest BCUT2D eigenvalue weighted by Crippen LogP contribution is -2.18. The topological polar surface area (TPSA) is 44.8 Å². The van der Waals surface area contributed by atoms with Crippen molar-refractivity contribution in [3.63, 3.8) is 0 Å². The van der Waals surface area contributed by atoms with Gasteiger partial charge in [0.25, 0.3) is 0 Å². The fraction of sp³-hybridized carbons (Fsp3) is 0.429. The highest BCUT2D eigenvalue weighted by molar-refractivity contribution is 5.88. The zero-order valence-electron chi connectivity index (χ0n) is 15.1. The first-order valence-electron chi connectivity index (χ1n) is 9.31. The van der Waals surface area contributed by atoms with Crippen molar-refractivity contribution in [2.75, 3.05) is 11.9 Å². The summed E-state index contributed by atoms with van der Waals surface area (Å²) in [5.41, 5.74) is 4.89. The van der Waals surface area contributed by atoms with Gasteiger partial charge in [-0.2, -0.15) is 0 Å². The third kappa shape index (κ3) is 3.39. The van der Waals surface area contributed by atoms with E-state index in [-0.39, 0.29) is 0 Å². The summed E-state index contributed by atoms with van der Waals surface area (Å²) in [5, 5.41) is 1.14. The maximum atomic E-state index is 4.58.